The molecule has 0 aliphatic heterocycles. The number of hydrogen-bond acceptors (Lipinski definition) is 1. The quantitative estimate of drug-likeness (QED) is 0.792. The van der Waals surface area contributed by atoms with E-state index >= 15 is 0 Å². The second kappa shape index (κ2) is 4.42. The Morgan fingerprint density at radius 3 is 1.75 bits per heavy atom. The Hall–Kier alpha value is 0.170. The van der Waals surface area contributed by atoms with Gasteiger partial charge in [-0.25, -0.2) is 0 Å². The standard InChI is InChI=1S/C8H13Br2NO/c1-5(12)11-6(7(9)10)8(2,3)4/h1-4H3,(H,11,12). The van der Waals surface area contributed by atoms with Crippen molar-refractivity contribution < 1.29 is 4.79 Å². The molecule has 12 heavy (non-hydrogen) atoms. The van der Waals surface area contributed by atoms with Crippen LogP contribution in [-0.2, 0) is 4.79 Å². The zero-order valence-electron chi connectivity index (χ0n) is 7.66. The first-order chi connectivity index (χ1) is 5.25. The molecule has 1 amide bonds. The van der Waals surface area contributed by atoms with Crippen LogP contribution in [0, 0.1) is 5.41 Å². The highest BCUT2D eigenvalue weighted by molar-refractivity contribution is 9.28. The Morgan fingerprint density at radius 2 is 1.67 bits per heavy atom. The third kappa shape index (κ3) is 4.26. The maximum atomic E-state index is 10.8. The smallest absolute Gasteiger partial charge is 0.221 e. The highest BCUT2D eigenvalue weighted by Gasteiger charge is 2.20. The molecule has 0 aliphatic carbocycles. The van der Waals surface area contributed by atoms with Gasteiger partial charge < -0.3 is 5.32 Å². The highest BCUT2D eigenvalue weighted by atomic mass is 79.9. The third-order valence-electron chi connectivity index (χ3n) is 1.24. The van der Waals surface area contributed by atoms with Crippen molar-refractivity contribution in [3.8, 4) is 0 Å². The van der Waals surface area contributed by atoms with Crippen LogP contribution in [-0.4, -0.2) is 5.91 Å². The molecule has 0 saturated heterocycles. The second-order valence-electron chi connectivity index (χ2n) is 3.57. The van der Waals surface area contributed by atoms with E-state index in [2.05, 4.69) is 37.2 Å². The Balaban J connectivity index is 4.72. The lowest BCUT2D eigenvalue weighted by Crippen LogP contribution is -2.28. The van der Waals surface area contributed by atoms with E-state index in [1.54, 1.807) is 0 Å². The van der Waals surface area contributed by atoms with Gasteiger partial charge in [-0.2, -0.15) is 0 Å². The maximum Gasteiger partial charge on any atom is 0.221 e. The first-order valence-corrected chi connectivity index (χ1v) is 5.17. The molecule has 2 nitrogen and oxygen atoms in total. The minimum Gasteiger partial charge on any atom is -0.328 e. The maximum absolute atomic E-state index is 10.8. The summed E-state index contributed by atoms with van der Waals surface area (Å²) in [6, 6.07) is 0. The van der Waals surface area contributed by atoms with E-state index in [9.17, 15) is 4.79 Å². The van der Waals surface area contributed by atoms with Crippen molar-refractivity contribution >= 4 is 37.8 Å². The fraction of sp³-hybridized carbons (Fsp3) is 0.625. The topological polar surface area (TPSA) is 29.1 Å². The number of carbonyl (C=O) groups excluding carboxylic acids is 1. The van der Waals surface area contributed by atoms with Gasteiger partial charge >= 0.3 is 0 Å². The molecule has 0 atom stereocenters. The molecule has 0 rings (SSSR count). The molecule has 0 fully saturated rings. The zero-order chi connectivity index (χ0) is 9.94. The van der Waals surface area contributed by atoms with Gasteiger partial charge in [-0.15, -0.1) is 0 Å². The number of hydrogen-bond donors (Lipinski definition) is 1. The summed E-state index contributed by atoms with van der Waals surface area (Å²) in [5.41, 5.74) is 0.781. The summed E-state index contributed by atoms with van der Waals surface area (Å²) in [6.07, 6.45) is 0. The lowest BCUT2D eigenvalue weighted by molar-refractivity contribution is -0.118. The van der Waals surface area contributed by atoms with Crippen LogP contribution in [0.1, 0.15) is 27.7 Å². The monoisotopic (exact) mass is 297 g/mol. The lowest BCUT2D eigenvalue weighted by Gasteiger charge is -2.23. The molecule has 0 aromatic carbocycles. The normalized spacial score (nSPS) is 10.8. The molecule has 0 aromatic heterocycles. The van der Waals surface area contributed by atoms with Crippen LogP contribution in [0.15, 0.2) is 9.09 Å². The van der Waals surface area contributed by atoms with Gasteiger partial charge in [0.25, 0.3) is 0 Å². The first kappa shape index (κ1) is 12.2. The van der Waals surface area contributed by atoms with E-state index in [0.717, 1.165) is 9.09 Å². The van der Waals surface area contributed by atoms with Crippen LogP contribution >= 0.6 is 31.9 Å². The van der Waals surface area contributed by atoms with Crippen LogP contribution in [0.4, 0.5) is 0 Å². The molecule has 4 heteroatoms. The summed E-state index contributed by atoms with van der Waals surface area (Å²) in [5.74, 6) is -0.0590. The Kier molecular flexibility index (Phi) is 4.48. The average molecular weight is 299 g/mol. The summed E-state index contributed by atoms with van der Waals surface area (Å²) in [5, 5.41) is 2.77. The van der Waals surface area contributed by atoms with E-state index < -0.39 is 0 Å². The van der Waals surface area contributed by atoms with Crippen molar-refractivity contribution in [2.45, 2.75) is 27.7 Å². The fourth-order valence-electron chi connectivity index (χ4n) is 0.694. The number of allylic oxidation sites excluding steroid dienone is 1. The number of carbonyl (C=O) groups is 1. The molecule has 0 radical (unpaired) electrons. The predicted molar refractivity (Wildman–Crippen MR) is 58.2 cm³/mol. The molecule has 0 unspecified atom stereocenters. The van der Waals surface area contributed by atoms with Gasteiger partial charge in [-0.05, 0) is 31.9 Å². The fourth-order valence-corrected chi connectivity index (χ4v) is 2.08. The van der Waals surface area contributed by atoms with Crippen LogP contribution in [0.25, 0.3) is 0 Å². The van der Waals surface area contributed by atoms with Crippen LogP contribution in [0.3, 0.4) is 0 Å². The van der Waals surface area contributed by atoms with Crippen molar-refractivity contribution in [2.24, 2.45) is 5.41 Å². The van der Waals surface area contributed by atoms with Crippen LogP contribution < -0.4 is 5.32 Å². The van der Waals surface area contributed by atoms with Crippen LogP contribution in [0.5, 0.6) is 0 Å². The molecule has 0 bridgehead atoms. The molecular formula is C8H13Br2NO. The summed E-state index contributed by atoms with van der Waals surface area (Å²) >= 11 is 6.57. The van der Waals surface area contributed by atoms with E-state index in [1.807, 2.05) is 20.8 Å². The minimum absolute atomic E-state index is 0.0590. The van der Waals surface area contributed by atoms with Gasteiger partial charge in [0.05, 0.1) is 3.39 Å². The lowest BCUT2D eigenvalue weighted by atomic mass is 9.93. The second-order valence-corrected chi connectivity index (χ2v) is 6.22. The van der Waals surface area contributed by atoms with E-state index in [-0.39, 0.29) is 11.3 Å². The highest BCUT2D eigenvalue weighted by Crippen LogP contribution is 2.31. The molecule has 0 saturated carbocycles. The van der Waals surface area contributed by atoms with Crippen molar-refractivity contribution in [1.29, 1.82) is 0 Å². The molecule has 1 N–H and O–H groups in total. The largest absolute Gasteiger partial charge is 0.328 e. The zero-order valence-corrected chi connectivity index (χ0v) is 10.8. The minimum atomic E-state index is -0.0754. The molecular weight excluding hydrogens is 286 g/mol. The van der Waals surface area contributed by atoms with Crippen molar-refractivity contribution in [1.82, 2.24) is 5.32 Å². The Bertz CT molecular complexity index is 212. The van der Waals surface area contributed by atoms with Crippen LogP contribution in [0.2, 0.25) is 0 Å². The van der Waals surface area contributed by atoms with Gasteiger partial charge in [0.15, 0.2) is 0 Å². The van der Waals surface area contributed by atoms with Gasteiger partial charge in [-0.1, -0.05) is 20.8 Å². The number of halogens is 2. The molecule has 70 valence electrons. The summed E-state index contributed by atoms with van der Waals surface area (Å²) in [7, 11) is 0. The summed E-state index contributed by atoms with van der Waals surface area (Å²) in [6.45, 7) is 7.58. The molecule has 0 spiro atoms. The van der Waals surface area contributed by atoms with Gasteiger partial charge in [0.2, 0.25) is 5.91 Å². The number of rotatable bonds is 1. The molecule has 0 heterocycles. The summed E-state index contributed by atoms with van der Waals surface area (Å²) < 4.78 is 0.790. The Morgan fingerprint density at radius 1 is 1.25 bits per heavy atom. The van der Waals surface area contributed by atoms with Gasteiger partial charge in [-0.3, -0.25) is 4.79 Å². The van der Waals surface area contributed by atoms with Crippen molar-refractivity contribution in [3.63, 3.8) is 0 Å². The number of amides is 1. The first-order valence-electron chi connectivity index (χ1n) is 3.58. The summed E-state index contributed by atoms with van der Waals surface area (Å²) in [4.78, 5) is 10.8. The number of nitrogens with one attached hydrogen (secondary N) is 1. The van der Waals surface area contributed by atoms with Crippen molar-refractivity contribution in [2.75, 3.05) is 0 Å². The van der Waals surface area contributed by atoms with E-state index in [0.29, 0.717) is 0 Å². The Labute approximate surface area is 90.1 Å². The van der Waals surface area contributed by atoms with E-state index in [1.165, 1.54) is 6.92 Å². The average Bonchev–Trinajstić information content (AvgIpc) is 1.79. The van der Waals surface area contributed by atoms with Gasteiger partial charge in [0, 0.05) is 18.0 Å². The molecule has 0 aromatic rings. The van der Waals surface area contributed by atoms with Crippen molar-refractivity contribution in [3.05, 3.63) is 9.09 Å². The SMILES string of the molecule is CC(=O)NC(=C(Br)Br)C(C)(C)C. The molecule has 0 aliphatic rings. The van der Waals surface area contributed by atoms with Gasteiger partial charge in [0.1, 0.15) is 0 Å². The van der Waals surface area contributed by atoms with E-state index in [4.69, 9.17) is 0 Å². The third-order valence-corrected chi connectivity index (χ3v) is 2.03. The predicted octanol–water partition coefficient (Wildman–Crippen LogP) is 3.13.